The van der Waals surface area contributed by atoms with Crippen LogP contribution in [0.15, 0.2) is 28.7 Å². The molecule has 4 N–H and O–H groups in total. The molecule has 1 aromatic heterocycles. The number of carbonyl (C=O) groups is 1. The molecule has 2 aliphatic rings. The fourth-order valence-corrected chi connectivity index (χ4v) is 4.71. The minimum absolute atomic E-state index is 0.316. The number of carboxylic acids is 1. The molecule has 14 heteroatoms. The first-order valence-electron chi connectivity index (χ1n) is 12.3. The molecule has 1 saturated heterocycles. The topological polar surface area (TPSA) is 118 Å². The van der Waals surface area contributed by atoms with Gasteiger partial charge in [0.15, 0.2) is 0 Å². The number of aromatic nitrogens is 2. The summed E-state index contributed by atoms with van der Waals surface area (Å²) >= 11 is 0. The zero-order chi connectivity index (χ0) is 28.1. The predicted molar refractivity (Wildman–Crippen MR) is 126 cm³/mol. The number of aliphatic carboxylic acids is 1. The lowest BCUT2D eigenvalue weighted by Crippen LogP contribution is -2.55. The smallest absolute Gasteiger partial charge is 0.411 e. The van der Waals surface area contributed by atoms with Crippen molar-refractivity contribution in [2.45, 2.75) is 75.9 Å². The lowest BCUT2D eigenvalue weighted by molar-refractivity contribution is -0.280. The van der Waals surface area contributed by atoms with Gasteiger partial charge >= 0.3 is 18.3 Å². The molecule has 0 spiro atoms. The third kappa shape index (κ3) is 8.06. The number of nitrogens with one attached hydrogen (secondary N) is 1. The molecule has 0 amide bonds. The normalized spacial score (nSPS) is 22.7. The SMILES string of the molecule is Cc1nnc(-c2ccc(N3CCCC(N[C@@H]4CCCC[C@H]4N)C3)cc2)o1.O=C(O)C(C(F)(F)F)C(F)(F)F. The number of hydrogen-bond acceptors (Lipinski definition) is 7. The van der Waals surface area contributed by atoms with Gasteiger partial charge in [0.2, 0.25) is 17.7 Å². The van der Waals surface area contributed by atoms with Crippen LogP contribution in [-0.4, -0.2) is 64.8 Å². The summed E-state index contributed by atoms with van der Waals surface area (Å²) in [6, 6.07) is 9.77. The number of alkyl halides is 6. The first-order chi connectivity index (χ1) is 17.8. The summed E-state index contributed by atoms with van der Waals surface area (Å²) in [7, 11) is 0. The van der Waals surface area contributed by atoms with Crippen LogP contribution in [0.4, 0.5) is 32.0 Å². The van der Waals surface area contributed by atoms with Crippen molar-refractivity contribution in [3.63, 3.8) is 0 Å². The van der Waals surface area contributed by atoms with Gasteiger partial charge in [-0.1, -0.05) is 12.8 Å². The van der Waals surface area contributed by atoms with Crippen LogP contribution in [0.2, 0.25) is 0 Å². The second-order valence-electron chi connectivity index (χ2n) is 9.53. The fraction of sp³-hybridized carbons (Fsp3) is 0.625. The fourth-order valence-electron chi connectivity index (χ4n) is 4.71. The number of hydrogen-bond donors (Lipinski definition) is 3. The van der Waals surface area contributed by atoms with Crippen LogP contribution in [0.5, 0.6) is 0 Å². The quantitative estimate of drug-likeness (QED) is 0.459. The molecule has 38 heavy (non-hydrogen) atoms. The van der Waals surface area contributed by atoms with E-state index in [9.17, 15) is 31.1 Å². The lowest BCUT2D eigenvalue weighted by Gasteiger charge is -2.39. The van der Waals surface area contributed by atoms with Crippen molar-refractivity contribution in [2.75, 3.05) is 18.0 Å². The maximum absolute atomic E-state index is 11.4. The first-order valence-corrected chi connectivity index (χ1v) is 12.3. The largest absolute Gasteiger partial charge is 0.481 e. The summed E-state index contributed by atoms with van der Waals surface area (Å²) in [4.78, 5) is 12.0. The molecule has 2 heterocycles. The molecule has 212 valence electrons. The standard InChI is InChI=1S/C20H29N5O.C4H2F6O2/c1-14-23-24-20(26-14)15-8-10-17(11-9-15)25-12-4-5-16(13-25)22-19-7-3-2-6-18(19)21;5-3(6,7)1(2(11)12)4(8,9)10/h8-11,16,18-19,22H,2-7,12-13,21H2,1H3;1H,(H,11,12)/t16?,18-,19-;/m1./s1. The van der Waals surface area contributed by atoms with Crippen molar-refractivity contribution in [1.82, 2.24) is 15.5 Å². The molecular formula is C24H31F6N5O3. The Bertz CT molecular complexity index is 1030. The van der Waals surface area contributed by atoms with Crippen LogP contribution in [0.1, 0.15) is 44.4 Å². The molecule has 1 saturated carbocycles. The van der Waals surface area contributed by atoms with E-state index >= 15 is 0 Å². The average molecular weight is 552 g/mol. The molecule has 8 nitrogen and oxygen atoms in total. The van der Waals surface area contributed by atoms with E-state index < -0.39 is 24.2 Å². The molecule has 4 rings (SSSR count). The second-order valence-corrected chi connectivity index (χ2v) is 9.53. The molecule has 0 radical (unpaired) electrons. The Kier molecular flexibility index (Phi) is 9.63. The molecular weight excluding hydrogens is 520 g/mol. The van der Waals surface area contributed by atoms with Gasteiger partial charge in [0, 0.05) is 49.4 Å². The van der Waals surface area contributed by atoms with Gasteiger partial charge in [-0.25, -0.2) is 0 Å². The zero-order valence-corrected chi connectivity index (χ0v) is 20.7. The Morgan fingerprint density at radius 3 is 2.18 bits per heavy atom. The highest BCUT2D eigenvalue weighted by Gasteiger charge is 2.61. The minimum atomic E-state index is -5.80. The Morgan fingerprint density at radius 2 is 1.68 bits per heavy atom. The number of rotatable bonds is 5. The minimum Gasteiger partial charge on any atom is -0.481 e. The number of aryl methyl sites for hydroxylation is 1. The van der Waals surface area contributed by atoms with E-state index in [2.05, 4.69) is 44.7 Å². The van der Waals surface area contributed by atoms with E-state index in [0.29, 0.717) is 29.9 Å². The third-order valence-corrected chi connectivity index (χ3v) is 6.60. The monoisotopic (exact) mass is 551 g/mol. The highest BCUT2D eigenvalue weighted by Crippen LogP contribution is 2.39. The Balaban J connectivity index is 0.000000284. The number of halogens is 6. The summed E-state index contributed by atoms with van der Waals surface area (Å²) in [5.74, 6) is -6.08. The molecule has 0 bridgehead atoms. The van der Waals surface area contributed by atoms with Crippen LogP contribution in [0.25, 0.3) is 11.5 Å². The van der Waals surface area contributed by atoms with Crippen LogP contribution >= 0.6 is 0 Å². The Hall–Kier alpha value is -2.87. The van der Waals surface area contributed by atoms with Crippen LogP contribution < -0.4 is 16.0 Å². The Labute approximate surface area is 215 Å². The Morgan fingerprint density at radius 1 is 1.05 bits per heavy atom. The number of nitrogens with zero attached hydrogens (tertiary/aromatic N) is 3. The van der Waals surface area contributed by atoms with Gasteiger partial charge in [0.1, 0.15) is 0 Å². The highest BCUT2D eigenvalue weighted by atomic mass is 19.4. The predicted octanol–water partition coefficient (Wildman–Crippen LogP) is 4.69. The van der Waals surface area contributed by atoms with E-state index in [-0.39, 0.29) is 0 Å². The van der Waals surface area contributed by atoms with E-state index in [1.165, 1.54) is 37.8 Å². The number of anilines is 1. The van der Waals surface area contributed by atoms with Gasteiger partial charge in [0.25, 0.3) is 0 Å². The van der Waals surface area contributed by atoms with Crippen molar-refractivity contribution < 1.29 is 40.7 Å². The maximum Gasteiger partial charge on any atom is 0.411 e. The molecule has 1 aliphatic carbocycles. The summed E-state index contributed by atoms with van der Waals surface area (Å²) < 4.78 is 73.7. The van der Waals surface area contributed by atoms with Crippen molar-refractivity contribution >= 4 is 11.7 Å². The second kappa shape index (κ2) is 12.3. The van der Waals surface area contributed by atoms with Gasteiger partial charge in [-0.15, -0.1) is 10.2 Å². The van der Waals surface area contributed by atoms with Crippen molar-refractivity contribution in [2.24, 2.45) is 11.7 Å². The summed E-state index contributed by atoms with van der Waals surface area (Å²) in [6.07, 6.45) is -4.20. The molecule has 2 fully saturated rings. The number of benzene rings is 1. The van der Waals surface area contributed by atoms with E-state index in [1.54, 1.807) is 0 Å². The van der Waals surface area contributed by atoms with E-state index in [0.717, 1.165) is 25.1 Å². The van der Waals surface area contributed by atoms with Crippen LogP contribution in [-0.2, 0) is 4.79 Å². The summed E-state index contributed by atoms with van der Waals surface area (Å²) in [6.45, 7) is 3.96. The molecule has 2 aromatic rings. The van der Waals surface area contributed by atoms with Crippen LogP contribution in [0, 0.1) is 12.8 Å². The average Bonchev–Trinajstić information content (AvgIpc) is 3.25. The highest BCUT2D eigenvalue weighted by molar-refractivity contribution is 5.71. The number of piperidine rings is 1. The van der Waals surface area contributed by atoms with E-state index in [1.807, 2.05) is 6.92 Å². The summed E-state index contributed by atoms with van der Waals surface area (Å²) in [5, 5.41) is 19.4. The molecule has 1 aromatic carbocycles. The first kappa shape index (κ1) is 29.7. The van der Waals surface area contributed by atoms with Crippen LogP contribution in [0.3, 0.4) is 0 Å². The molecule has 3 atom stereocenters. The van der Waals surface area contributed by atoms with Crippen molar-refractivity contribution in [3.8, 4) is 11.5 Å². The maximum atomic E-state index is 11.4. The molecule has 1 unspecified atom stereocenters. The van der Waals surface area contributed by atoms with Gasteiger partial charge in [-0.3, -0.25) is 4.79 Å². The summed E-state index contributed by atoms with van der Waals surface area (Å²) in [5.41, 5.74) is 8.54. The molecule has 1 aliphatic heterocycles. The number of nitrogens with two attached hydrogens (primary N) is 1. The lowest BCUT2D eigenvalue weighted by atomic mass is 9.89. The van der Waals surface area contributed by atoms with Gasteiger partial charge < -0.3 is 25.5 Å². The number of carboxylic acid groups (broad SMARTS) is 1. The van der Waals surface area contributed by atoms with Gasteiger partial charge in [-0.05, 0) is 49.9 Å². The van der Waals surface area contributed by atoms with Gasteiger partial charge in [0.05, 0.1) is 0 Å². The van der Waals surface area contributed by atoms with Gasteiger partial charge in [-0.2, -0.15) is 26.3 Å². The third-order valence-electron chi connectivity index (χ3n) is 6.60. The zero-order valence-electron chi connectivity index (χ0n) is 20.7. The van der Waals surface area contributed by atoms with E-state index in [4.69, 9.17) is 15.3 Å². The van der Waals surface area contributed by atoms with Crippen molar-refractivity contribution in [1.29, 1.82) is 0 Å². The van der Waals surface area contributed by atoms with Crippen molar-refractivity contribution in [3.05, 3.63) is 30.2 Å².